The summed E-state index contributed by atoms with van der Waals surface area (Å²) in [6, 6.07) is 7.83. The third kappa shape index (κ3) is 3.47. The number of methoxy groups -OCH3 is 1. The summed E-state index contributed by atoms with van der Waals surface area (Å²) in [5.41, 5.74) is 1.09. The van der Waals surface area contributed by atoms with Crippen LogP contribution in [0.1, 0.15) is 37.8 Å². The second kappa shape index (κ2) is 6.57. The average molecular weight is 263 g/mol. The highest BCUT2D eigenvalue weighted by Gasteiger charge is 2.25. The molecule has 0 bridgehead atoms. The molecule has 1 aliphatic rings. The number of benzene rings is 1. The normalized spacial score (nSPS) is 20.0. The van der Waals surface area contributed by atoms with Crippen LogP contribution in [-0.2, 0) is 9.53 Å². The predicted octanol–water partition coefficient (Wildman–Crippen LogP) is 2.44. The zero-order valence-corrected chi connectivity index (χ0v) is 11.5. The van der Waals surface area contributed by atoms with Crippen LogP contribution in [0, 0.1) is 0 Å². The lowest BCUT2D eigenvalue weighted by molar-refractivity contribution is -0.130. The minimum atomic E-state index is -0.271. The van der Waals surface area contributed by atoms with Gasteiger partial charge in [-0.25, -0.2) is 0 Å². The van der Waals surface area contributed by atoms with Crippen LogP contribution in [0.4, 0.5) is 0 Å². The van der Waals surface area contributed by atoms with E-state index in [9.17, 15) is 4.79 Å². The van der Waals surface area contributed by atoms with Gasteiger partial charge in [0.15, 0.2) is 0 Å². The second-order valence-corrected chi connectivity index (χ2v) is 4.74. The number of hydrogen-bond donors (Lipinski definition) is 1. The Bertz CT molecular complexity index is 410. The summed E-state index contributed by atoms with van der Waals surface area (Å²) in [6.07, 6.45) is 2.37. The Morgan fingerprint density at radius 3 is 2.74 bits per heavy atom. The maximum absolute atomic E-state index is 12.1. The number of carbonyl (C=O) groups excluding carboxylic acids is 1. The van der Waals surface area contributed by atoms with Crippen molar-refractivity contribution in [3.8, 4) is 5.75 Å². The van der Waals surface area contributed by atoms with Crippen LogP contribution in [-0.4, -0.2) is 25.7 Å². The van der Waals surface area contributed by atoms with Crippen LogP contribution in [0.2, 0.25) is 0 Å². The van der Waals surface area contributed by atoms with Crippen molar-refractivity contribution in [3.63, 3.8) is 0 Å². The Morgan fingerprint density at radius 2 is 2.21 bits per heavy atom. The van der Waals surface area contributed by atoms with Crippen molar-refractivity contribution in [2.75, 3.05) is 13.7 Å². The quantitative estimate of drug-likeness (QED) is 0.887. The molecule has 1 aliphatic heterocycles. The molecule has 19 heavy (non-hydrogen) atoms. The van der Waals surface area contributed by atoms with Crippen LogP contribution in [0.25, 0.3) is 0 Å². The molecular weight excluding hydrogens is 242 g/mol. The van der Waals surface area contributed by atoms with Crippen LogP contribution < -0.4 is 10.1 Å². The van der Waals surface area contributed by atoms with Gasteiger partial charge < -0.3 is 14.8 Å². The monoisotopic (exact) mass is 263 g/mol. The largest absolute Gasteiger partial charge is 0.497 e. The Labute approximate surface area is 114 Å². The molecule has 1 heterocycles. The lowest BCUT2D eigenvalue weighted by atomic mass is 10.0. The summed E-state index contributed by atoms with van der Waals surface area (Å²) in [4.78, 5) is 12.1. The highest BCUT2D eigenvalue weighted by Crippen LogP contribution is 2.21. The third-order valence-corrected chi connectivity index (χ3v) is 3.47. The number of amides is 1. The van der Waals surface area contributed by atoms with Crippen molar-refractivity contribution in [1.29, 1.82) is 0 Å². The molecule has 1 fully saturated rings. The molecule has 4 nitrogen and oxygen atoms in total. The maximum atomic E-state index is 12.1. The standard InChI is InChI=1S/C15H21NO3/c1-3-13(11-6-8-12(18-2)9-7-11)16-15(17)14-5-4-10-19-14/h6-9,13-14H,3-5,10H2,1-2H3,(H,16,17)/t13-,14+/m1/s1. The van der Waals surface area contributed by atoms with Crippen LogP contribution in [0.5, 0.6) is 5.75 Å². The number of carbonyl (C=O) groups is 1. The highest BCUT2D eigenvalue weighted by atomic mass is 16.5. The Hall–Kier alpha value is -1.55. The number of rotatable bonds is 5. The molecule has 0 aromatic heterocycles. The SMILES string of the molecule is CC[C@@H](NC(=O)[C@@H]1CCCO1)c1ccc(OC)cc1. The minimum absolute atomic E-state index is 0.000156. The molecule has 4 heteroatoms. The van der Waals surface area contributed by atoms with Crippen molar-refractivity contribution in [1.82, 2.24) is 5.32 Å². The molecular formula is C15H21NO3. The molecule has 1 aromatic rings. The van der Waals surface area contributed by atoms with Crippen LogP contribution in [0.3, 0.4) is 0 Å². The summed E-state index contributed by atoms with van der Waals surface area (Å²) < 4.78 is 10.5. The van der Waals surface area contributed by atoms with Gasteiger partial charge in [-0.3, -0.25) is 4.79 Å². The lowest BCUT2D eigenvalue weighted by Gasteiger charge is -2.20. The first-order valence-corrected chi connectivity index (χ1v) is 6.80. The van der Waals surface area contributed by atoms with Gasteiger partial charge in [0.2, 0.25) is 5.91 Å². The molecule has 1 N–H and O–H groups in total. The van der Waals surface area contributed by atoms with E-state index in [-0.39, 0.29) is 18.1 Å². The van der Waals surface area contributed by atoms with Crippen molar-refractivity contribution in [3.05, 3.63) is 29.8 Å². The summed E-state index contributed by atoms with van der Waals surface area (Å²) >= 11 is 0. The number of ether oxygens (including phenoxy) is 2. The van der Waals surface area contributed by atoms with Gasteiger partial charge in [0.25, 0.3) is 0 Å². The van der Waals surface area contributed by atoms with E-state index < -0.39 is 0 Å². The van der Waals surface area contributed by atoms with Crippen LogP contribution in [0.15, 0.2) is 24.3 Å². The minimum Gasteiger partial charge on any atom is -0.497 e. The fourth-order valence-corrected chi connectivity index (χ4v) is 2.31. The smallest absolute Gasteiger partial charge is 0.249 e. The molecule has 2 atom stereocenters. The molecule has 1 saturated heterocycles. The molecule has 1 aromatic carbocycles. The molecule has 0 spiro atoms. The van der Waals surface area contributed by atoms with Gasteiger partial charge in [-0.1, -0.05) is 19.1 Å². The van der Waals surface area contributed by atoms with E-state index in [1.807, 2.05) is 24.3 Å². The zero-order valence-electron chi connectivity index (χ0n) is 11.5. The molecule has 1 amide bonds. The van der Waals surface area contributed by atoms with E-state index in [0.717, 1.165) is 30.6 Å². The molecule has 0 unspecified atom stereocenters. The molecule has 104 valence electrons. The van der Waals surface area contributed by atoms with Gasteiger partial charge in [0.05, 0.1) is 13.2 Å². The molecule has 2 rings (SSSR count). The summed E-state index contributed by atoms with van der Waals surface area (Å²) in [5.74, 6) is 0.823. The van der Waals surface area contributed by atoms with Gasteiger partial charge in [-0.2, -0.15) is 0 Å². The van der Waals surface area contributed by atoms with Crippen molar-refractivity contribution in [2.24, 2.45) is 0 Å². The summed E-state index contributed by atoms with van der Waals surface area (Å²) in [6.45, 7) is 2.75. The van der Waals surface area contributed by atoms with Gasteiger partial charge in [-0.05, 0) is 37.0 Å². The van der Waals surface area contributed by atoms with Gasteiger partial charge in [0, 0.05) is 6.61 Å². The van der Waals surface area contributed by atoms with Gasteiger partial charge in [-0.15, -0.1) is 0 Å². The van der Waals surface area contributed by atoms with E-state index >= 15 is 0 Å². The summed E-state index contributed by atoms with van der Waals surface area (Å²) in [7, 11) is 1.64. The maximum Gasteiger partial charge on any atom is 0.249 e. The van der Waals surface area contributed by atoms with Crippen molar-refractivity contribution in [2.45, 2.75) is 38.3 Å². The Morgan fingerprint density at radius 1 is 1.47 bits per heavy atom. The number of hydrogen-bond acceptors (Lipinski definition) is 3. The first kappa shape index (κ1) is 13.9. The van der Waals surface area contributed by atoms with E-state index in [4.69, 9.17) is 9.47 Å². The second-order valence-electron chi connectivity index (χ2n) is 4.74. The van der Waals surface area contributed by atoms with Gasteiger partial charge >= 0.3 is 0 Å². The molecule has 0 aliphatic carbocycles. The van der Waals surface area contributed by atoms with Crippen molar-refractivity contribution < 1.29 is 14.3 Å². The first-order valence-electron chi connectivity index (χ1n) is 6.80. The molecule has 0 radical (unpaired) electrons. The van der Waals surface area contributed by atoms with E-state index in [2.05, 4.69) is 12.2 Å². The fourth-order valence-electron chi connectivity index (χ4n) is 2.31. The average Bonchev–Trinajstić information content (AvgIpc) is 2.99. The van der Waals surface area contributed by atoms with Gasteiger partial charge in [0.1, 0.15) is 11.9 Å². The van der Waals surface area contributed by atoms with E-state index in [1.54, 1.807) is 7.11 Å². The van der Waals surface area contributed by atoms with E-state index in [1.165, 1.54) is 0 Å². The third-order valence-electron chi connectivity index (χ3n) is 3.47. The van der Waals surface area contributed by atoms with E-state index in [0.29, 0.717) is 6.61 Å². The van der Waals surface area contributed by atoms with Crippen molar-refractivity contribution >= 4 is 5.91 Å². The predicted molar refractivity (Wildman–Crippen MR) is 73.1 cm³/mol. The highest BCUT2D eigenvalue weighted by molar-refractivity contribution is 5.81. The Balaban J connectivity index is 2.00. The first-order chi connectivity index (χ1) is 9.24. The summed E-state index contributed by atoms with van der Waals surface area (Å²) in [5, 5.41) is 3.06. The number of nitrogens with one attached hydrogen (secondary N) is 1. The fraction of sp³-hybridized carbons (Fsp3) is 0.533. The Kier molecular flexibility index (Phi) is 4.80. The topological polar surface area (TPSA) is 47.6 Å². The van der Waals surface area contributed by atoms with Crippen LogP contribution >= 0.6 is 0 Å². The molecule has 0 saturated carbocycles. The lowest BCUT2D eigenvalue weighted by Crippen LogP contribution is -2.36. The zero-order chi connectivity index (χ0) is 13.7.